The Balaban J connectivity index is 1.76. The fourth-order valence-electron chi connectivity index (χ4n) is 5.15. The zero-order valence-corrected chi connectivity index (χ0v) is 22.8. The van der Waals surface area contributed by atoms with Crippen LogP contribution >= 0.6 is 0 Å². The molecule has 0 unspecified atom stereocenters. The molecule has 2 heterocycles. The van der Waals surface area contributed by atoms with Crippen molar-refractivity contribution in [2.75, 3.05) is 20.1 Å². The van der Waals surface area contributed by atoms with Gasteiger partial charge in [0.2, 0.25) is 5.91 Å². The van der Waals surface area contributed by atoms with E-state index in [1.807, 2.05) is 50.8 Å². The van der Waals surface area contributed by atoms with Crippen molar-refractivity contribution in [1.82, 2.24) is 25.1 Å². The summed E-state index contributed by atoms with van der Waals surface area (Å²) in [5.41, 5.74) is 2.91. The van der Waals surface area contributed by atoms with Gasteiger partial charge >= 0.3 is 6.03 Å². The molecule has 36 heavy (non-hydrogen) atoms. The van der Waals surface area contributed by atoms with Crippen molar-refractivity contribution in [2.45, 2.75) is 91.1 Å². The van der Waals surface area contributed by atoms with Gasteiger partial charge in [-0.1, -0.05) is 39.8 Å². The Kier molecular flexibility index (Phi) is 9.51. The Hall–Kier alpha value is -2.90. The summed E-state index contributed by atoms with van der Waals surface area (Å²) in [5.74, 6) is 0.656. The number of imidazole rings is 1. The average Bonchev–Trinajstić information content (AvgIpc) is 3.29. The molecular weight excluding hydrogens is 454 g/mol. The standard InChI is InChI=1S/C28H43N5O3/c1-7-21-12-8-9-14-33(21)25(35)16-23(30-28(36)32(6)17-18(2)3)24(34)15-20(5)27-29-22-13-10-11-19(4)26(22)31-27/h10-11,13,18,20-21,23H,7-9,12,14-17H2,1-6H3,(H,29,31)(H,30,36)/t20-,21+,23+/m1/s1. The minimum absolute atomic E-state index is 0.0114. The second-order valence-corrected chi connectivity index (χ2v) is 10.8. The van der Waals surface area contributed by atoms with Crippen LogP contribution in [0, 0.1) is 12.8 Å². The lowest BCUT2D eigenvalue weighted by atomic mass is 9.95. The number of hydrogen-bond acceptors (Lipinski definition) is 4. The molecule has 1 aromatic carbocycles. The van der Waals surface area contributed by atoms with Crippen molar-refractivity contribution < 1.29 is 14.4 Å². The minimum Gasteiger partial charge on any atom is -0.342 e. The molecule has 1 aromatic heterocycles. The second-order valence-electron chi connectivity index (χ2n) is 10.8. The molecular formula is C28H43N5O3. The fourth-order valence-corrected chi connectivity index (χ4v) is 5.15. The van der Waals surface area contributed by atoms with Crippen LogP contribution in [-0.4, -0.2) is 69.7 Å². The summed E-state index contributed by atoms with van der Waals surface area (Å²) in [6.07, 6.45) is 4.16. The quantitative estimate of drug-likeness (QED) is 0.493. The Labute approximate surface area is 215 Å². The number of benzene rings is 1. The highest BCUT2D eigenvalue weighted by atomic mass is 16.2. The van der Waals surface area contributed by atoms with Crippen LogP contribution in [-0.2, 0) is 9.59 Å². The summed E-state index contributed by atoms with van der Waals surface area (Å²) >= 11 is 0. The SMILES string of the molecule is CC[C@H]1CCCCN1C(=O)C[C@H](NC(=O)N(C)CC(C)C)C(=O)C[C@@H](C)c1nc2c(C)cccc2[nH]1. The van der Waals surface area contributed by atoms with Crippen molar-refractivity contribution >= 4 is 28.8 Å². The van der Waals surface area contributed by atoms with Gasteiger partial charge in [-0.25, -0.2) is 9.78 Å². The number of aryl methyl sites for hydroxylation is 1. The van der Waals surface area contributed by atoms with Gasteiger partial charge in [0.1, 0.15) is 5.82 Å². The third kappa shape index (κ3) is 6.86. The molecule has 0 spiro atoms. The molecule has 3 amide bonds. The molecule has 2 aromatic rings. The summed E-state index contributed by atoms with van der Waals surface area (Å²) in [7, 11) is 1.72. The summed E-state index contributed by atoms with van der Waals surface area (Å²) in [4.78, 5) is 51.3. The highest BCUT2D eigenvalue weighted by Crippen LogP contribution is 2.24. The van der Waals surface area contributed by atoms with Crippen molar-refractivity contribution in [3.63, 3.8) is 0 Å². The Bertz CT molecular complexity index is 1060. The molecule has 2 N–H and O–H groups in total. The van der Waals surface area contributed by atoms with Crippen LogP contribution in [0.25, 0.3) is 11.0 Å². The number of ketones is 1. The van der Waals surface area contributed by atoms with E-state index in [2.05, 4.69) is 17.2 Å². The van der Waals surface area contributed by atoms with Gasteiger partial charge in [0.15, 0.2) is 5.78 Å². The largest absolute Gasteiger partial charge is 0.342 e. The number of para-hydroxylation sites is 1. The molecule has 0 bridgehead atoms. The first kappa shape index (κ1) is 27.7. The van der Waals surface area contributed by atoms with E-state index in [-0.39, 0.29) is 42.5 Å². The van der Waals surface area contributed by atoms with Crippen molar-refractivity contribution in [3.8, 4) is 0 Å². The Morgan fingerprint density at radius 1 is 1.19 bits per heavy atom. The number of piperidine rings is 1. The van der Waals surface area contributed by atoms with Crippen LogP contribution in [0.1, 0.15) is 83.5 Å². The van der Waals surface area contributed by atoms with E-state index in [4.69, 9.17) is 4.98 Å². The maximum Gasteiger partial charge on any atom is 0.317 e. The molecule has 3 atom stereocenters. The first-order valence-electron chi connectivity index (χ1n) is 13.4. The zero-order chi connectivity index (χ0) is 26.4. The number of H-pyrrole nitrogens is 1. The molecule has 8 nitrogen and oxygen atoms in total. The van der Waals surface area contributed by atoms with Crippen LogP contribution in [0.15, 0.2) is 18.2 Å². The van der Waals surface area contributed by atoms with Gasteiger partial charge in [-0.15, -0.1) is 0 Å². The number of likely N-dealkylation sites (tertiary alicyclic amines) is 1. The summed E-state index contributed by atoms with van der Waals surface area (Å²) < 4.78 is 0. The molecule has 1 aliphatic heterocycles. The molecule has 1 saturated heterocycles. The third-order valence-electron chi connectivity index (χ3n) is 7.18. The number of aromatic amines is 1. The molecule has 1 aliphatic rings. The first-order valence-corrected chi connectivity index (χ1v) is 13.4. The topological polar surface area (TPSA) is 98.4 Å². The monoisotopic (exact) mass is 497 g/mol. The van der Waals surface area contributed by atoms with Crippen molar-refractivity contribution in [2.24, 2.45) is 5.92 Å². The number of nitrogens with one attached hydrogen (secondary N) is 2. The van der Waals surface area contributed by atoms with Crippen LogP contribution in [0.5, 0.6) is 0 Å². The molecule has 1 fully saturated rings. The van der Waals surface area contributed by atoms with Gasteiger partial charge in [-0.2, -0.15) is 0 Å². The number of aromatic nitrogens is 2. The lowest BCUT2D eigenvalue weighted by molar-refractivity contribution is -0.137. The van der Waals surface area contributed by atoms with E-state index < -0.39 is 6.04 Å². The number of hydrogen-bond donors (Lipinski definition) is 2. The van der Waals surface area contributed by atoms with E-state index in [9.17, 15) is 14.4 Å². The molecule has 0 aliphatic carbocycles. The van der Waals surface area contributed by atoms with Gasteiger partial charge < -0.3 is 20.1 Å². The summed E-state index contributed by atoms with van der Waals surface area (Å²) in [6.45, 7) is 11.4. The molecule has 3 rings (SSSR count). The lowest BCUT2D eigenvalue weighted by Gasteiger charge is -2.36. The average molecular weight is 498 g/mol. The van der Waals surface area contributed by atoms with E-state index in [1.165, 1.54) is 0 Å². The number of amides is 3. The summed E-state index contributed by atoms with van der Waals surface area (Å²) in [5, 5.41) is 2.88. The number of nitrogens with zero attached hydrogens (tertiary/aromatic N) is 3. The van der Waals surface area contributed by atoms with Crippen LogP contribution in [0.4, 0.5) is 4.79 Å². The Morgan fingerprint density at radius 3 is 2.61 bits per heavy atom. The normalized spacial score (nSPS) is 17.8. The summed E-state index contributed by atoms with van der Waals surface area (Å²) in [6, 6.07) is 4.98. The van der Waals surface area contributed by atoms with Crippen LogP contribution in [0.3, 0.4) is 0 Å². The number of rotatable bonds is 10. The van der Waals surface area contributed by atoms with Crippen molar-refractivity contribution in [3.05, 3.63) is 29.6 Å². The fraction of sp³-hybridized carbons (Fsp3) is 0.643. The van der Waals surface area contributed by atoms with E-state index >= 15 is 0 Å². The van der Waals surface area contributed by atoms with E-state index in [1.54, 1.807) is 11.9 Å². The lowest BCUT2D eigenvalue weighted by Crippen LogP contribution is -2.51. The van der Waals surface area contributed by atoms with Gasteiger partial charge in [-0.3, -0.25) is 9.59 Å². The van der Waals surface area contributed by atoms with E-state index in [0.717, 1.165) is 48.1 Å². The smallest absolute Gasteiger partial charge is 0.317 e. The molecule has 8 heteroatoms. The number of urea groups is 1. The highest BCUT2D eigenvalue weighted by Gasteiger charge is 2.32. The second kappa shape index (κ2) is 12.4. The van der Waals surface area contributed by atoms with Crippen LogP contribution in [0.2, 0.25) is 0 Å². The maximum absolute atomic E-state index is 13.5. The highest BCUT2D eigenvalue weighted by molar-refractivity contribution is 5.93. The van der Waals surface area contributed by atoms with Gasteiger partial charge in [0, 0.05) is 38.5 Å². The first-order chi connectivity index (χ1) is 17.1. The number of carbonyl (C=O) groups is 3. The third-order valence-corrected chi connectivity index (χ3v) is 7.18. The van der Waals surface area contributed by atoms with Crippen molar-refractivity contribution in [1.29, 1.82) is 0 Å². The predicted octanol–water partition coefficient (Wildman–Crippen LogP) is 4.78. The van der Waals surface area contributed by atoms with Crippen LogP contribution < -0.4 is 5.32 Å². The Morgan fingerprint density at radius 2 is 1.94 bits per heavy atom. The number of carbonyl (C=O) groups excluding carboxylic acids is 3. The molecule has 198 valence electrons. The van der Waals surface area contributed by atoms with E-state index in [0.29, 0.717) is 19.0 Å². The molecule has 0 saturated carbocycles. The van der Waals surface area contributed by atoms with Gasteiger partial charge in [0.25, 0.3) is 0 Å². The van der Waals surface area contributed by atoms with Gasteiger partial charge in [-0.05, 0) is 50.2 Å². The minimum atomic E-state index is -0.868. The number of fused-ring (bicyclic) bond motifs is 1. The zero-order valence-electron chi connectivity index (χ0n) is 22.8. The number of Topliss-reactive ketones (excluding diaryl/α,β-unsaturated/α-hetero) is 1. The predicted molar refractivity (Wildman–Crippen MR) is 143 cm³/mol. The maximum atomic E-state index is 13.5. The molecule has 0 radical (unpaired) electrons. The van der Waals surface area contributed by atoms with Gasteiger partial charge in [0.05, 0.1) is 23.5 Å².